The van der Waals surface area contributed by atoms with Crippen LogP contribution in [0.5, 0.6) is 0 Å². The average Bonchev–Trinajstić information content (AvgIpc) is 3.11. The van der Waals surface area contributed by atoms with E-state index in [1.165, 1.54) is 5.56 Å². The van der Waals surface area contributed by atoms with Crippen molar-refractivity contribution in [2.75, 3.05) is 33.2 Å². The third-order valence-electron chi connectivity index (χ3n) is 4.13. The number of benzene rings is 1. The molecule has 0 aliphatic carbocycles. The van der Waals surface area contributed by atoms with Crippen molar-refractivity contribution >= 4 is 29.9 Å². The molecule has 7 heteroatoms. The Bertz CT molecular complexity index is 605. The molecule has 2 heterocycles. The summed E-state index contributed by atoms with van der Waals surface area (Å²) in [6, 6.07) is 12.6. The fourth-order valence-electron chi connectivity index (χ4n) is 2.85. The van der Waals surface area contributed by atoms with E-state index in [-0.39, 0.29) is 24.0 Å². The summed E-state index contributed by atoms with van der Waals surface area (Å²) in [6.07, 6.45) is 1.77. The maximum atomic E-state index is 4.40. The van der Waals surface area contributed by atoms with Gasteiger partial charge in [-0.3, -0.25) is 15.0 Å². The molecule has 1 aliphatic rings. The molecule has 0 saturated carbocycles. The predicted octanol–water partition coefficient (Wildman–Crippen LogP) is 1.92. The lowest BCUT2D eigenvalue weighted by Crippen LogP contribution is -2.52. The van der Waals surface area contributed by atoms with Crippen LogP contribution in [0.25, 0.3) is 0 Å². The van der Waals surface area contributed by atoms with Gasteiger partial charge < -0.3 is 10.2 Å². The largest absolute Gasteiger partial charge is 0.351 e. The number of nitrogens with one attached hydrogen (secondary N) is 2. The number of aliphatic imine (C=N–C) groups is 1. The lowest BCUT2D eigenvalue weighted by Gasteiger charge is -2.36. The fraction of sp³-hybridized carbons (Fsp3) is 0.412. The molecule has 0 unspecified atom stereocenters. The van der Waals surface area contributed by atoms with E-state index in [1.807, 2.05) is 13.1 Å². The number of H-pyrrole nitrogens is 1. The normalized spacial score (nSPS) is 15.9. The minimum atomic E-state index is 0. The molecule has 0 radical (unpaired) electrons. The summed E-state index contributed by atoms with van der Waals surface area (Å²) >= 11 is 0. The maximum absolute atomic E-state index is 4.40. The molecule has 0 atom stereocenters. The molecule has 1 aromatic heterocycles. The third-order valence-corrected chi connectivity index (χ3v) is 4.13. The molecule has 0 spiro atoms. The van der Waals surface area contributed by atoms with E-state index in [0.717, 1.165) is 50.9 Å². The summed E-state index contributed by atoms with van der Waals surface area (Å²) in [5.74, 6) is 0.957. The molecule has 6 nitrogen and oxygen atoms in total. The highest BCUT2D eigenvalue weighted by Crippen LogP contribution is 2.08. The molecule has 2 N–H and O–H groups in total. The Balaban J connectivity index is 0.00000208. The summed E-state index contributed by atoms with van der Waals surface area (Å²) in [5, 5.41) is 10.3. The van der Waals surface area contributed by atoms with Gasteiger partial charge in [0.25, 0.3) is 0 Å². The Morgan fingerprint density at radius 3 is 2.54 bits per heavy atom. The number of hydrogen-bond acceptors (Lipinski definition) is 3. The van der Waals surface area contributed by atoms with Crippen molar-refractivity contribution in [2.24, 2.45) is 4.99 Å². The minimum Gasteiger partial charge on any atom is -0.351 e. The number of aromatic nitrogens is 2. The van der Waals surface area contributed by atoms with Crippen LogP contribution in [-0.2, 0) is 13.1 Å². The second-order valence-corrected chi connectivity index (χ2v) is 5.73. The molecular formula is C17H25IN6. The van der Waals surface area contributed by atoms with Gasteiger partial charge in [-0.25, -0.2) is 0 Å². The van der Waals surface area contributed by atoms with Crippen LogP contribution >= 0.6 is 24.0 Å². The van der Waals surface area contributed by atoms with E-state index in [0.29, 0.717) is 0 Å². The third kappa shape index (κ3) is 5.20. The Kier molecular flexibility index (Phi) is 7.51. The first-order valence-electron chi connectivity index (χ1n) is 8.05. The molecule has 24 heavy (non-hydrogen) atoms. The second-order valence-electron chi connectivity index (χ2n) is 5.73. The molecule has 0 amide bonds. The van der Waals surface area contributed by atoms with Crippen molar-refractivity contribution in [2.45, 2.75) is 13.1 Å². The van der Waals surface area contributed by atoms with Gasteiger partial charge in [-0.1, -0.05) is 30.3 Å². The molecular weight excluding hydrogens is 415 g/mol. The van der Waals surface area contributed by atoms with Crippen molar-refractivity contribution in [3.63, 3.8) is 0 Å². The van der Waals surface area contributed by atoms with E-state index in [2.05, 4.69) is 60.6 Å². The minimum absolute atomic E-state index is 0. The van der Waals surface area contributed by atoms with E-state index < -0.39 is 0 Å². The first-order valence-corrected chi connectivity index (χ1v) is 8.05. The van der Waals surface area contributed by atoms with Crippen LogP contribution in [0.1, 0.15) is 11.3 Å². The monoisotopic (exact) mass is 440 g/mol. The average molecular weight is 440 g/mol. The first kappa shape index (κ1) is 18.7. The summed E-state index contributed by atoms with van der Waals surface area (Å²) in [4.78, 5) is 9.21. The predicted molar refractivity (Wildman–Crippen MR) is 107 cm³/mol. The first-order chi connectivity index (χ1) is 11.3. The van der Waals surface area contributed by atoms with Gasteiger partial charge in [0.1, 0.15) is 0 Å². The van der Waals surface area contributed by atoms with E-state index >= 15 is 0 Å². The van der Waals surface area contributed by atoms with Gasteiger partial charge in [0.05, 0.1) is 12.2 Å². The van der Waals surface area contributed by atoms with Crippen molar-refractivity contribution in [3.05, 3.63) is 53.9 Å². The lowest BCUT2D eigenvalue weighted by molar-refractivity contribution is 0.172. The zero-order chi connectivity index (χ0) is 15.9. The van der Waals surface area contributed by atoms with Gasteiger partial charge in [-0.15, -0.1) is 24.0 Å². The highest BCUT2D eigenvalue weighted by Gasteiger charge is 2.19. The zero-order valence-electron chi connectivity index (χ0n) is 14.0. The Morgan fingerprint density at radius 2 is 1.92 bits per heavy atom. The van der Waals surface area contributed by atoms with Crippen LogP contribution in [0.2, 0.25) is 0 Å². The zero-order valence-corrected chi connectivity index (χ0v) is 16.3. The number of rotatable bonds is 4. The summed E-state index contributed by atoms with van der Waals surface area (Å²) in [5.41, 5.74) is 2.44. The standard InChI is InChI=1S/C17H24N6.HI/c1-18-17(19-13-16-7-8-20-21-16)23-11-9-22(10-12-23)14-15-5-3-2-4-6-15;/h2-8H,9-14H2,1H3,(H,18,19)(H,20,21);1H. The van der Waals surface area contributed by atoms with E-state index in [9.17, 15) is 0 Å². The molecule has 1 aliphatic heterocycles. The summed E-state index contributed by atoms with van der Waals surface area (Å²) < 4.78 is 0. The van der Waals surface area contributed by atoms with Crippen LogP contribution in [0.3, 0.4) is 0 Å². The molecule has 3 rings (SSSR count). The Labute approximate surface area is 160 Å². The number of nitrogens with zero attached hydrogens (tertiary/aromatic N) is 4. The Hall–Kier alpha value is -1.61. The Morgan fingerprint density at radius 1 is 1.17 bits per heavy atom. The van der Waals surface area contributed by atoms with Gasteiger partial charge in [-0.2, -0.15) is 5.10 Å². The van der Waals surface area contributed by atoms with Gasteiger partial charge in [0, 0.05) is 46.0 Å². The van der Waals surface area contributed by atoms with E-state index in [4.69, 9.17) is 0 Å². The highest BCUT2D eigenvalue weighted by atomic mass is 127. The lowest BCUT2D eigenvalue weighted by atomic mass is 10.2. The van der Waals surface area contributed by atoms with Crippen LogP contribution in [0.4, 0.5) is 0 Å². The van der Waals surface area contributed by atoms with Crippen molar-refractivity contribution < 1.29 is 0 Å². The highest BCUT2D eigenvalue weighted by molar-refractivity contribution is 14.0. The van der Waals surface area contributed by atoms with Gasteiger partial charge in [-0.05, 0) is 11.6 Å². The van der Waals surface area contributed by atoms with Gasteiger partial charge in [0.15, 0.2) is 5.96 Å². The summed E-state index contributed by atoms with van der Waals surface area (Å²) in [6.45, 7) is 5.84. The quantitative estimate of drug-likeness (QED) is 0.434. The number of guanidine groups is 1. The van der Waals surface area contributed by atoms with Gasteiger partial charge in [0.2, 0.25) is 0 Å². The number of halogens is 1. The molecule has 1 saturated heterocycles. The van der Waals surface area contributed by atoms with Crippen LogP contribution in [0, 0.1) is 0 Å². The topological polar surface area (TPSA) is 59.6 Å². The van der Waals surface area contributed by atoms with Crippen molar-refractivity contribution in [1.82, 2.24) is 25.3 Å². The van der Waals surface area contributed by atoms with Gasteiger partial charge >= 0.3 is 0 Å². The SMILES string of the molecule is CN=C(NCc1ccn[nH]1)N1CCN(Cc2ccccc2)CC1.I. The fourth-order valence-corrected chi connectivity index (χ4v) is 2.85. The molecule has 1 fully saturated rings. The van der Waals surface area contributed by atoms with Crippen LogP contribution in [0.15, 0.2) is 47.6 Å². The van der Waals surface area contributed by atoms with E-state index in [1.54, 1.807) is 6.20 Å². The molecule has 1 aromatic carbocycles. The second kappa shape index (κ2) is 9.63. The van der Waals surface area contributed by atoms with Crippen LogP contribution in [-0.4, -0.2) is 59.2 Å². The van der Waals surface area contributed by atoms with Crippen molar-refractivity contribution in [3.8, 4) is 0 Å². The van der Waals surface area contributed by atoms with Crippen LogP contribution < -0.4 is 5.32 Å². The number of hydrogen-bond donors (Lipinski definition) is 2. The molecule has 2 aromatic rings. The van der Waals surface area contributed by atoms with Crippen molar-refractivity contribution in [1.29, 1.82) is 0 Å². The maximum Gasteiger partial charge on any atom is 0.194 e. The molecule has 130 valence electrons. The molecule has 0 bridgehead atoms. The summed E-state index contributed by atoms with van der Waals surface area (Å²) in [7, 11) is 1.84. The smallest absolute Gasteiger partial charge is 0.194 e. The number of aromatic amines is 1. The number of piperazine rings is 1.